The number of unbranched alkanes of at least 4 members (excludes halogenated alkanes) is 1. The molecular weight excluding hydrogens is 502 g/mol. The van der Waals surface area contributed by atoms with Crippen molar-refractivity contribution in [3.05, 3.63) is 83.9 Å². The molecule has 0 saturated carbocycles. The molecule has 0 spiro atoms. The number of carbonyl (C=O) groups excluding carboxylic acids is 2. The Morgan fingerprint density at radius 2 is 1.49 bits per heavy atom. The second-order valence-corrected chi connectivity index (χ2v) is 17.6. The van der Waals surface area contributed by atoms with Crippen molar-refractivity contribution in [2.75, 3.05) is 7.05 Å². The van der Waals surface area contributed by atoms with Crippen LogP contribution in [0.25, 0.3) is 0 Å². The monoisotopic (exact) mass is 551 g/mol. The first-order chi connectivity index (χ1) is 18.1. The van der Waals surface area contributed by atoms with Crippen LogP contribution in [0.4, 0.5) is 4.79 Å². The highest BCUT2D eigenvalue weighted by Gasteiger charge is 2.40. The van der Waals surface area contributed by atoms with Crippen molar-refractivity contribution in [3.63, 3.8) is 0 Å². The summed E-state index contributed by atoms with van der Waals surface area (Å²) >= 11 is 0. The first-order valence-corrected chi connectivity index (χ1v) is 17.0. The van der Waals surface area contributed by atoms with Gasteiger partial charge in [0.2, 0.25) is 0 Å². The normalized spacial score (nSPS) is 14.2. The zero-order valence-electron chi connectivity index (χ0n) is 25.5. The molecule has 39 heavy (non-hydrogen) atoms. The summed E-state index contributed by atoms with van der Waals surface area (Å²) in [7, 11) is -0.269. The van der Waals surface area contributed by atoms with Gasteiger partial charge in [-0.2, -0.15) is 0 Å². The molecule has 0 aliphatic heterocycles. The second kappa shape index (κ2) is 14.1. The Balaban J connectivity index is 2.22. The molecule has 0 aliphatic rings. The Morgan fingerprint density at radius 3 is 2.03 bits per heavy atom. The predicted octanol–water partition coefficient (Wildman–Crippen LogP) is 8.98. The van der Waals surface area contributed by atoms with Crippen molar-refractivity contribution < 1.29 is 18.8 Å². The lowest BCUT2D eigenvalue weighted by Crippen LogP contribution is -2.45. The van der Waals surface area contributed by atoms with E-state index in [4.69, 9.17) is 9.16 Å². The second-order valence-electron chi connectivity index (χ2n) is 12.8. The zero-order chi connectivity index (χ0) is 29.3. The van der Waals surface area contributed by atoms with Gasteiger partial charge in [0, 0.05) is 18.7 Å². The van der Waals surface area contributed by atoms with Crippen molar-refractivity contribution in [1.29, 1.82) is 0 Å². The molecule has 2 aromatic rings. The molecule has 2 aromatic carbocycles. The molecule has 0 aliphatic carbocycles. The maximum atomic E-state index is 13.1. The lowest BCUT2D eigenvalue weighted by atomic mass is 9.97. The fourth-order valence-electron chi connectivity index (χ4n) is 4.01. The Hall–Kier alpha value is -2.70. The van der Waals surface area contributed by atoms with Gasteiger partial charge in [0.1, 0.15) is 5.60 Å². The summed E-state index contributed by atoms with van der Waals surface area (Å²) < 4.78 is 12.7. The molecular formula is C33H49NO4Si. The van der Waals surface area contributed by atoms with Crippen molar-refractivity contribution in [2.24, 2.45) is 0 Å². The number of ketones is 1. The number of ether oxygens (including phenoxy) is 1. The summed E-state index contributed by atoms with van der Waals surface area (Å²) in [5, 5.41) is 0.0582. The van der Waals surface area contributed by atoms with Gasteiger partial charge in [-0.3, -0.25) is 4.79 Å². The van der Waals surface area contributed by atoms with Gasteiger partial charge >= 0.3 is 6.09 Å². The number of allylic oxidation sites excluding steroid dienone is 2. The van der Waals surface area contributed by atoms with Crippen LogP contribution in [0, 0.1) is 0 Å². The average molecular weight is 552 g/mol. The van der Waals surface area contributed by atoms with E-state index in [2.05, 4.69) is 46.0 Å². The minimum absolute atomic E-state index is 0.00457. The van der Waals surface area contributed by atoms with E-state index < -0.39 is 13.9 Å². The number of carbonyl (C=O) groups is 2. The number of hydrogen-bond acceptors (Lipinski definition) is 4. The number of nitrogens with zero attached hydrogens (tertiary/aromatic N) is 1. The maximum absolute atomic E-state index is 13.1. The van der Waals surface area contributed by atoms with Gasteiger partial charge in [0.15, 0.2) is 14.1 Å². The van der Waals surface area contributed by atoms with E-state index in [0.29, 0.717) is 12.0 Å². The zero-order valence-corrected chi connectivity index (χ0v) is 26.5. The molecule has 0 radical (unpaired) electrons. The molecule has 0 bridgehead atoms. The molecule has 0 unspecified atom stereocenters. The van der Waals surface area contributed by atoms with Gasteiger partial charge in [-0.05, 0) is 76.2 Å². The van der Waals surface area contributed by atoms with Gasteiger partial charge in [-0.1, -0.05) is 87.5 Å². The maximum Gasteiger partial charge on any atom is 0.410 e. The molecule has 214 valence electrons. The van der Waals surface area contributed by atoms with Crippen molar-refractivity contribution >= 4 is 20.2 Å². The molecule has 0 aromatic heterocycles. The summed E-state index contributed by atoms with van der Waals surface area (Å²) in [5.41, 5.74) is 1.23. The molecule has 0 heterocycles. The van der Waals surface area contributed by atoms with Gasteiger partial charge in [-0.25, -0.2) is 4.79 Å². The van der Waals surface area contributed by atoms with Gasteiger partial charge in [-0.15, -0.1) is 0 Å². The van der Waals surface area contributed by atoms with Crippen LogP contribution in [0.3, 0.4) is 0 Å². The van der Waals surface area contributed by atoms with Crippen LogP contribution in [0.1, 0.15) is 89.3 Å². The van der Waals surface area contributed by atoms with E-state index in [1.54, 1.807) is 11.0 Å². The lowest BCUT2D eigenvalue weighted by molar-refractivity contribution is 0.0159. The quantitative estimate of drug-likeness (QED) is 0.114. The SMILES string of the molecule is CN(C(=O)OC(C)(C)C)[C@@H](CCC/C=C/C(=O)c1ccccc1)C[C@H](O[Si](C)(C)C(C)(C)C)c1ccccc1. The largest absolute Gasteiger partial charge is 0.444 e. The highest BCUT2D eigenvalue weighted by atomic mass is 28.4. The van der Waals surface area contributed by atoms with Gasteiger partial charge < -0.3 is 14.1 Å². The van der Waals surface area contributed by atoms with Crippen LogP contribution < -0.4 is 0 Å². The van der Waals surface area contributed by atoms with Crippen LogP contribution in [-0.4, -0.2) is 43.8 Å². The Labute approximate surface area is 237 Å². The topological polar surface area (TPSA) is 55.8 Å². The van der Waals surface area contributed by atoms with Gasteiger partial charge in [0.25, 0.3) is 0 Å². The average Bonchev–Trinajstić information content (AvgIpc) is 2.86. The van der Waals surface area contributed by atoms with Crippen LogP contribution in [-0.2, 0) is 9.16 Å². The third kappa shape index (κ3) is 10.8. The third-order valence-electron chi connectivity index (χ3n) is 7.37. The molecule has 5 nitrogen and oxygen atoms in total. The summed E-state index contributed by atoms with van der Waals surface area (Å²) in [4.78, 5) is 27.3. The van der Waals surface area contributed by atoms with Gasteiger partial charge in [0.05, 0.1) is 6.10 Å². The summed E-state index contributed by atoms with van der Waals surface area (Å²) in [5.74, 6) is 0.00457. The molecule has 0 N–H and O–H groups in total. The smallest absolute Gasteiger partial charge is 0.410 e. The van der Waals surface area contributed by atoms with E-state index in [1.165, 1.54) is 0 Å². The molecule has 6 heteroatoms. The molecule has 1 amide bonds. The van der Waals surface area contributed by atoms with Crippen molar-refractivity contribution in [2.45, 2.75) is 103 Å². The summed E-state index contributed by atoms with van der Waals surface area (Å²) in [6.45, 7) is 16.9. The van der Waals surface area contributed by atoms with Crippen molar-refractivity contribution in [1.82, 2.24) is 4.90 Å². The minimum Gasteiger partial charge on any atom is -0.444 e. The summed E-state index contributed by atoms with van der Waals surface area (Å²) in [6.07, 6.45) is 6.12. The molecule has 2 atom stereocenters. The Bertz CT molecular complexity index is 1070. The van der Waals surface area contributed by atoms with E-state index in [1.807, 2.05) is 82.4 Å². The highest BCUT2D eigenvalue weighted by Crippen LogP contribution is 2.41. The predicted molar refractivity (Wildman–Crippen MR) is 164 cm³/mol. The van der Waals surface area contributed by atoms with E-state index in [9.17, 15) is 9.59 Å². The first kappa shape index (κ1) is 32.5. The number of rotatable bonds is 12. The van der Waals surface area contributed by atoms with Crippen molar-refractivity contribution in [3.8, 4) is 0 Å². The Kier molecular flexibility index (Phi) is 11.7. The lowest BCUT2D eigenvalue weighted by Gasteiger charge is -2.41. The van der Waals surface area contributed by atoms with E-state index in [-0.39, 0.29) is 29.1 Å². The summed E-state index contributed by atoms with van der Waals surface area (Å²) in [6, 6.07) is 19.5. The molecule has 0 fully saturated rings. The molecule has 2 rings (SSSR count). The van der Waals surface area contributed by atoms with Crippen LogP contribution >= 0.6 is 0 Å². The number of hydrogen-bond donors (Lipinski definition) is 0. The highest BCUT2D eigenvalue weighted by molar-refractivity contribution is 6.74. The number of amides is 1. The standard InChI is InChI=1S/C33H49NO4Si/c1-32(2,3)37-31(36)34(7)28(23-17-12-18-24-29(35)26-19-13-10-14-20-26)25-30(27-21-15-11-16-22-27)38-39(8,9)33(4,5)6/h10-11,13-16,18-22,24,28,30H,12,17,23,25H2,1-9H3/b24-18+/t28-,30-/m0/s1. The van der Waals surface area contributed by atoms with E-state index >= 15 is 0 Å². The third-order valence-corrected chi connectivity index (χ3v) is 11.9. The van der Waals surface area contributed by atoms with Crippen LogP contribution in [0.5, 0.6) is 0 Å². The fraction of sp³-hybridized carbons (Fsp3) is 0.515. The van der Waals surface area contributed by atoms with Crippen LogP contribution in [0.15, 0.2) is 72.8 Å². The van der Waals surface area contributed by atoms with Crippen LogP contribution in [0.2, 0.25) is 18.1 Å². The fourth-order valence-corrected chi connectivity index (χ4v) is 5.31. The number of benzene rings is 2. The Morgan fingerprint density at radius 1 is 0.923 bits per heavy atom. The molecule has 0 saturated heterocycles. The van der Waals surface area contributed by atoms with E-state index in [0.717, 1.165) is 24.8 Å². The first-order valence-electron chi connectivity index (χ1n) is 14.1. The minimum atomic E-state index is -2.09.